The van der Waals surface area contributed by atoms with Gasteiger partial charge in [-0.1, -0.05) is 97.8 Å². The predicted octanol–water partition coefficient (Wildman–Crippen LogP) is 6.27. The Balaban J connectivity index is 1.29. The van der Waals surface area contributed by atoms with Gasteiger partial charge in [0.15, 0.2) is 0 Å². The van der Waals surface area contributed by atoms with Gasteiger partial charge < -0.3 is 25.2 Å². The maximum absolute atomic E-state index is 13.6. The largest absolute Gasteiger partial charge is 0.489 e. The molecule has 0 heterocycles. The SMILES string of the molecule is C=CC[C@@H](CC(=O)N[C@H](CO)Cc1ccc(OCc2ccccc2)cc1)C(=O)NC1(COC(=O)[C@H](CC=C)Cc2ccccc2)CCCC1. The lowest BCUT2D eigenvalue weighted by Crippen LogP contribution is -2.53. The molecule has 1 fully saturated rings. The number of carbonyl (C=O) groups excluding carboxylic acids is 3. The molecule has 8 heteroatoms. The number of esters is 1. The third-order valence-corrected chi connectivity index (χ3v) is 9.04. The molecule has 4 rings (SSSR count). The highest BCUT2D eigenvalue weighted by molar-refractivity contribution is 5.86. The minimum atomic E-state index is -0.682. The first-order chi connectivity index (χ1) is 23.8. The van der Waals surface area contributed by atoms with Crippen LogP contribution in [0.1, 0.15) is 61.6 Å². The monoisotopic (exact) mass is 666 g/mol. The van der Waals surface area contributed by atoms with Gasteiger partial charge in [-0.15, -0.1) is 13.2 Å². The fourth-order valence-electron chi connectivity index (χ4n) is 6.31. The van der Waals surface area contributed by atoms with E-state index < -0.39 is 17.5 Å². The molecular weight excluding hydrogens is 616 g/mol. The maximum atomic E-state index is 13.6. The molecule has 0 aliphatic heterocycles. The lowest BCUT2D eigenvalue weighted by Gasteiger charge is -2.32. The highest BCUT2D eigenvalue weighted by Gasteiger charge is 2.39. The Morgan fingerprint density at radius 2 is 1.39 bits per heavy atom. The zero-order valence-electron chi connectivity index (χ0n) is 28.4. The summed E-state index contributed by atoms with van der Waals surface area (Å²) in [5.41, 5.74) is 2.38. The predicted molar refractivity (Wildman–Crippen MR) is 192 cm³/mol. The van der Waals surface area contributed by atoms with Crippen molar-refractivity contribution in [2.45, 2.75) is 76.0 Å². The van der Waals surface area contributed by atoms with Gasteiger partial charge in [0, 0.05) is 6.42 Å². The van der Waals surface area contributed by atoms with Crippen LogP contribution in [0.4, 0.5) is 0 Å². The van der Waals surface area contributed by atoms with Gasteiger partial charge in [0.2, 0.25) is 11.8 Å². The third kappa shape index (κ3) is 12.1. The summed E-state index contributed by atoms with van der Waals surface area (Å²) in [7, 11) is 0. The third-order valence-electron chi connectivity index (χ3n) is 9.04. The summed E-state index contributed by atoms with van der Waals surface area (Å²) in [6, 6.07) is 26.8. The molecule has 0 aromatic heterocycles. The number of aliphatic hydroxyl groups excluding tert-OH is 1. The molecule has 1 aliphatic rings. The Morgan fingerprint density at radius 1 is 0.796 bits per heavy atom. The number of hydrogen-bond donors (Lipinski definition) is 3. The zero-order valence-corrected chi connectivity index (χ0v) is 28.4. The van der Waals surface area contributed by atoms with E-state index in [2.05, 4.69) is 23.8 Å². The average Bonchev–Trinajstić information content (AvgIpc) is 3.58. The van der Waals surface area contributed by atoms with Gasteiger partial charge in [0.1, 0.15) is 19.0 Å². The summed E-state index contributed by atoms with van der Waals surface area (Å²) in [4.78, 5) is 40.0. The molecule has 0 spiro atoms. The fraction of sp³-hybridized carbons (Fsp3) is 0.390. The van der Waals surface area contributed by atoms with Crippen LogP contribution in [0.25, 0.3) is 0 Å². The van der Waals surface area contributed by atoms with Gasteiger partial charge in [-0.2, -0.15) is 0 Å². The Hall–Kier alpha value is -4.69. The number of hydrogen-bond acceptors (Lipinski definition) is 6. The zero-order chi connectivity index (χ0) is 34.9. The minimum Gasteiger partial charge on any atom is -0.489 e. The van der Waals surface area contributed by atoms with Crippen LogP contribution in [0.15, 0.2) is 110 Å². The van der Waals surface area contributed by atoms with E-state index in [-0.39, 0.29) is 43.3 Å². The first-order valence-corrected chi connectivity index (χ1v) is 17.2. The standard InChI is InChI=1S/C41H50N2O6/c1-3-13-34(27-38(45)42-36(28-44)26-32-19-21-37(22-20-32)48-29-33-17-9-6-10-18-33)39(46)43-41(23-11-12-24-41)30-49-40(47)35(14-4-2)25-31-15-7-5-8-16-31/h3-10,15-22,34-36,44H,1-2,11-14,23-30H2,(H,42,45)(H,43,46)/t34-,35+,36-/m0/s1. The molecule has 0 bridgehead atoms. The van der Waals surface area contributed by atoms with Crippen LogP contribution in [0.2, 0.25) is 0 Å². The molecule has 2 amide bonds. The number of benzene rings is 3. The Labute approximate surface area is 290 Å². The van der Waals surface area contributed by atoms with Crippen molar-refractivity contribution < 1.29 is 29.0 Å². The lowest BCUT2D eigenvalue weighted by atomic mass is 9.93. The number of nitrogens with one attached hydrogen (secondary N) is 2. The Morgan fingerprint density at radius 3 is 2.00 bits per heavy atom. The molecule has 3 aromatic carbocycles. The van der Waals surface area contributed by atoms with Crippen LogP contribution in [0.3, 0.4) is 0 Å². The molecule has 49 heavy (non-hydrogen) atoms. The van der Waals surface area contributed by atoms with E-state index in [0.29, 0.717) is 45.1 Å². The molecule has 3 aromatic rings. The number of allylic oxidation sites excluding steroid dienone is 2. The van der Waals surface area contributed by atoms with Crippen molar-refractivity contribution in [3.63, 3.8) is 0 Å². The number of ether oxygens (including phenoxy) is 2. The van der Waals surface area contributed by atoms with Crippen LogP contribution in [-0.2, 0) is 38.6 Å². The molecule has 1 aliphatic carbocycles. The number of amides is 2. The topological polar surface area (TPSA) is 114 Å². The summed E-state index contributed by atoms with van der Waals surface area (Å²) in [6.45, 7) is 7.91. The number of aliphatic hydroxyl groups is 1. The van der Waals surface area contributed by atoms with Crippen molar-refractivity contribution in [2.24, 2.45) is 11.8 Å². The van der Waals surface area contributed by atoms with Crippen LogP contribution in [-0.4, -0.2) is 47.7 Å². The van der Waals surface area contributed by atoms with Gasteiger partial charge in [-0.05, 0) is 67.3 Å². The van der Waals surface area contributed by atoms with E-state index in [4.69, 9.17) is 9.47 Å². The van der Waals surface area contributed by atoms with E-state index in [1.165, 1.54) is 0 Å². The first kappa shape index (κ1) is 37.1. The highest BCUT2D eigenvalue weighted by Crippen LogP contribution is 2.31. The van der Waals surface area contributed by atoms with Crippen molar-refractivity contribution in [3.05, 3.63) is 127 Å². The normalized spacial score (nSPS) is 15.3. The van der Waals surface area contributed by atoms with Gasteiger partial charge >= 0.3 is 5.97 Å². The van der Waals surface area contributed by atoms with Crippen LogP contribution >= 0.6 is 0 Å². The van der Waals surface area contributed by atoms with Gasteiger partial charge in [-0.25, -0.2) is 0 Å². The number of rotatable bonds is 20. The fourth-order valence-corrected chi connectivity index (χ4v) is 6.31. The van der Waals surface area contributed by atoms with E-state index in [0.717, 1.165) is 35.3 Å². The summed E-state index contributed by atoms with van der Waals surface area (Å²) in [5.74, 6) is -1.20. The lowest BCUT2D eigenvalue weighted by molar-refractivity contribution is -0.151. The van der Waals surface area contributed by atoms with Crippen LogP contribution < -0.4 is 15.4 Å². The molecule has 0 unspecified atom stereocenters. The molecule has 1 saturated carbocycles. The summed E-state index contributed by atoms with van der Waals surface area (Å²) >= 11 is 0. The summed E-state index contributed by atoms with van der Waals surface area (Å²) in [5, 5.41) is 16.1. The van der Waals surface area contributed by atoms with Gasteiger partial charge in [0.25, 0.3) is 0 Å². The molecule has 8 nitrogen and oxygen atoms in total. The van der Waals surface area contributed by atoms with Crippen molar-refractivity contribution in [1.29, 1.82) is 0 Å². The molecule has 260 valence electrons. The highest BCUT2D eigenvalue weighted by atomic mass is 16.5. The van der Waals surface area contributed by atoms with Crippen molar-refractivity contribution >= 4 is 17.8 Å². The minimum absolute atomic E-state index is 0.0605. The Kier molecular flexibility index (Phi) is 14.7. The quantitative estimate of drug-likeness (QED) is 0.0968. The smallest absolute Gasteiger partial charge is 0.309 e. The summed E-state index contributed by atoms with van der Waals surface area (Å²) < 4.78 is 11.7. The average molecular weight is 667 g/mol. The first-order valence-electron chi connectivity index (χ1n) is 17.2. The Bertz CT molecular complexity index is 1490. The second-order valence-electron chi connectivity index (χ2n) is 13.0. The molecular formula is C41H50N2O6. The second kappa shape index (κ2) is 19.3. The van der Waals surface area contributed by atoms with Gasteiger partial charge in [0.05, 0.1) is 30.0 Å². The van der Waals surface area contributed by atoms with E-state index in [1.807, 2.05) is 84.9 Å². The second-order valence-corrected chi connectivity index (χ2v) is 13.0. The maximum Gasteiger partial charge on any atom is 0.309 e. The van der Waals surface area contributed by atoms with Crippen molar-refractivity contribution in [3.8, 4) is 5.75 Å². The molecule has 0 saturated heterocycles. The van der Waals surface area contributed by atoms with Crippen LogP contribution in [0.5, 0.6) is 5.75 Å². The van der Waals surface area contributed by atoms with E-state index in [9.17, 15) is 19.5 Å². The number of carbonyl (C=O) groups is 3. The summed E-state index contributed by atoms with van der Waals surface area (Å²) in [6.07, 6.45) is 8.25. The van der Waals surface area contributed by atoms with Crippen LogP contribution in [0, 0.1) is 11.8 Å². The van der Waals surface area contributed by atoms with Crippen molar-refractivity contribution in [2.75, 3.05) is 13.2 Å². The molecule has 3 N–H and O–H groups in total. The van der Waals surface area contributed by atoms with E-state index >= 15 is 0 Å². The van der Waals surface area contributed by atoms with E-state index in [1.54, 1.807) is 12.2 Å². The molecule has 0 radical (unpaired) electrons. The molecule has 3 atom stereocenters. The van der Waals surface area contributed by atoms with Crippen molar-refractivity contribution in [1.82, 2.24) is 10.6 Å². The van der Waals surface area contributed by atoms with Gasteiger partial charge in [-0.3, -0.25) is 14.4 Å².